The molecule has 0 aliphatic carbocycles. The molecule has 4 N–H and O–H groups in total. The van der Waals surface area contributed by atoms with Crippen LogP contribution in [0.25, 0.3) is 0 Å². The zero-order chi connectivity index (χ0) is 12.8. The monoisotopic (exact) mass is 250 g/mol. The highest BCUT2D eigenvalue weighted by Gasteiger charge is 2.16. The van der Waals surface area contributed by atoms with Gasteiger partial charge in [-0.2, -0.15) is 4.98 Å². The van der Waals surface area contributed by atoms with Crippen molar-refractivity contribution in [2.75, 3.05) is 30.4 Å². The molecular formula is C11H18N6O. The molecule has 0 aromatic carbocycles. The number of hydrogen-bond acceptors (Lipinski definition) is 6. The molecule has 2 rings (SSSR count). The van der Waals surface area contributed by atoms with Crippen LogP contribution in [0.2, 0.25) is 0 Å². The van der Waals surface area contributed by atoms with Gasteiger partial charge in [0.05, 0.1) is 0 Å². The number of anilines is 2. The third-order valence-corrected chi connectivity index (χ3v) is 2.89. The largest absolute Gasteiger partial charge is 0.369 e. The van der Waals surface area contributed by atoms with Crippen LogP contribution in [-0.2, 0) is 4.79 Å². The van der Waals surface area contributed by atoms with E-state index in [0.717, 1.165) is 25.9 Å². The molecule has 1 fully saturated rings. The summed E-state index contributed by atoms with van der Waals surface area (Å²) in [5.41, 5.74) is 2.37. The van der Waals surface area contributed by atoms with Gasteiger partial charge in [-0.1, -0.05) is 0 Å². The fourth-order valence-electron chi connectivity index (χ4n) is 1.95. The smallest absolute Gasteiger partial charge is 0.239 e. The second-order valence-corrected chi connectivity index (χ2v) is 4.17. The van der Waals surface area contributed by atoms with Crippen LogP contribution in [0.15, 0.2) is 12.3 Å². The summed E-state index contributed by atoms with van der Waals surface area (Å²) in [5.74, 6) is 6.43. The number of nitrogen functional groups attached to an aromatic ring is 1. The summed E-state index contributed by atoms with van der Waals surface area (Å²) in [4.78, 5) is 21.7. The lowest BCUT2D eigenvalue weighted by atomic mass is 10.3. The number of nitrogens with one attached hydrogen (secondary N) is 2. The fraction of sp³-hybridized carbons (Fsp3) is 0.545. The summed E-state index contributed by atoms with van der Waals surface area (Å²) in [7, 11) is 0. The van der Waals surface area contributed by atoms with Gasteiger partial charge in [0, 0.05) is 32.3 Å². The van der Waals surface area contributed by atoms with Crippen LogP contribution in [0.3, 0.4) is 0 Å². The molecular weight excluding hydrogens is 232 g/mol. The van der Waals surface area contributed by atoms with Crippen molar-refractivity contribution in [1.29, 1.82) is 0 Å². The van der Waals surface area contributed by atoms with E-state index >= 15 is 0 Å². The first-order valence-electron chi connectivity index (χ1n) is 6.11. The molecule has 2 heterocycles. The van der Waals surface area contributed by atoms with Crippen LogP contribution >= 0.6 is 0 Å². The van der Waals surface area contributed by atoms with Crippen molar-refractivity contribution in [3.05, 3.63) is 12.3 Å². The second-order valence-electron chi connectivity index (χ2n) is 4.17. The fourth-order valence-corrected chi connectivity index (χ4v) is 1.95. The van der Waals surface area contributed by atoms with Crippen molar-refractivity contribution >= 4 is 17.7 Å². The molecule has 1 saturated heterocycles. The predicted molar refractivity (Wildman–Crippen MR) is 68.8 cm³/mol. The summed E-state index contributed by atoms with van der Waals surface area (Å²) < 4.78 is 0. The van der Waals surface area contributed by atoms with E-state index in [1.165, 1.54) is 0 Å². The number of likely N-dealkylation sites (tertiary alicyclic amines) is 1. The van der Waals surface area contributed by atoms with Crippen molar-refractivity contribution < 1.29 is 4.79 Å². The number of hydrogen-bond donors (Lipinski definition) is 3. The Labute approximate surface area is 106 Å². The standard InChI is InChI=1S/C11H18N6O/c12-16-11-14-5-3-9(15-11)13-6-4-10(18)17-7-1-2-8-17/h3,5H,1-2,4,6-8,12H2,(H2,13,14,15,16). The zero-order valence-corrected chi connectivity index (χ0v) is 10.2. The van der Waals surface area contributed by atoms with Gasteiger partial charge in [-0.05, 0) is 18.9 Å². The number of rotatable bonds is 5. The summed E-state index contributed by atoms with van der Waals surface area (Å²) in [6.07, 6.45) is 4.33. The Bertz CT molecular complexity index is 404. The summed E-state index contributed by atoms with van der Waals surface area (Å²) in [6.45, 7) is 2.36. The number of nitrogens with two attached hydrogens (primary N) is 1. The highest BCUT2D eigenvalue weighted by atomic mass is 16.2. The highest BCUT2D eigenvalue weighted by molar-refractivity contribution is 5.76. The highest BCUT2D eigenvalue weighted by Crippen LogP contribution is 2.09. The predicted octanol–water partition coefficient (Wildman–Crippen LogP) is 0.187. The minimum atomic E-state index is 0.200. The van der Waals surface area contributed by atoms with E-state index < -0.39 is 0 Å². The second kappa shape index (κ2) is 6.15. The molecule has 7 heteroatoms. The van der Waals surface area contributed by atoms with E-state index in [0.29, 0.717) is 24.7 Å². The molecule has 0 saturated carbocycles. The van der Waals surface area contributed by atoms with E-state index in [2.05, 4.69) is 20.7 Å². The average molecular weight is 250 g/mol. The van der Waals surface area contributed by atoms with E-state index in [4.69, 9.17) is 5.84 Å². The Kier molecular flexibility index (Phi) is 4.30. The summed E-state index contributed by atoms with van der Waals surface area (Å²) >= 11 is 0. The number of carbonyl (C=O) groups excluding carboxylic acids is 1. The third kappa shape index (κ3) is 3.30. The molecule has 1 amide bonds. The van der Waals surface area contributed by atoms with Crippen molar-refractivity contribution in [3.8, 4) is 0 Å². The van der Waals surface area contributed by atoms with Gasteiger partial charge >= 0.3 is 0 Å². The summed E-state index contributed by atoms with van der Waals surface area (Å²) in [6, 6.07) is 1.74. The molecule has 1 aromatic heterocycles. The van der Waals surface area contributed by atoms with Crippen LogP contribution < -0.4 is 16.6 Å². The number of carbonyl (C=O) groups is 1. The Morgan fingerprint density at radius 2 is 2.22 bits per heavy atom. The molecule has 0 spiro atoms. The number of amides is 1. The van der Waals surface area contributed by atoms with E-state index in [1.54, 1.807) is 12.3 Å². The van der Waals surface area contributed by atoms with E-state index in [-0.39, 0.29) is 5.91 Å². The summed E-state index contributed by atoms with van der Waals surface area (Å²) in [5, 5.41) is 3.08. The molecule has 0 radical (unpaired) electrons. The van der Waals surface area contributed by atoms with Gasteiger partial charge < -0.3 is 10.2 Å². The Balaban J connectivity index is 1.75. The maximum atomic E-state index is 11.8. The maximum absolute atomic E-state index is 11.8. The lowest BCUT2D eigenvalue weighted by molar-refractivity contribution is -0.129. The lowest BCUT2D eigenvalue weighted by Gasteiger charge is -2.15. The van der Waals surface area contributed by atoms with Crippen molar-refractivity contribution in [2.45, 2.75) is 19.3 Å². The van der Waals surface area contributed by atoms with Gasteiger partial charge in [0.15, 0.2) is 0 Å². The van der Waals surface area contributed by atoms with Crippen LogP contribution in [-0.4, -0.2) is 40.4 Å². The Hall–Kier alpha value is -1.89. The Morgan fingerprint density at radius 3 is 2.94 bits per heavy atom. The van der Waals surface area contributed by atoms with Crippen LogP contribution in [0.1, 0.15) is 19.3 Å². The van der Waals surface area contributed by atoms with Crippen LogP contribution in [0.5, 0.6) is 0 Å². The molecule has 1 aliphatic rings. The molecule has 98 valence electrons. The number of hydrazine groups is 1. The third-order valence-electron chi connectivity index (χ3n) is 2.89. The first kappa shape index (κ1) is 12.6. The van der Waals surface area contributed by atoms with Gasteiger partial charge in [-0.3, -0.25) is 10.2 Å². The topological polar surface area (TPSA) is 96.2 Å². The molecule has 0 bridgehead atoms. The van der Waals surface area contributed by atoms with Gasteiger partial charge in [0.1, 0.15) is 5.82 Å². The van der Waals surface area contributed by atoms with Gasteiger partial charge in [-0.25, -0.2) is 10.8 Å². The first-order chi connectivity index (χ1) is 8.79. The molecule has 18 heavy (non-hydrogen) atoms. The molecule has 1 aromatic rings. The maximum Gasteiger partial charge on any atom is 0.239 e. The minimum absolute atomic E-state index is 0.200. The van der Waals surface area contributed by atoms with Gasteiger partial charge in [0.25, 0.3) is 0 Å². The number of nitrogens with zero attached hydrogens (tertiary/aromatic N) is 3. The normalized spacial score (nSPS) is 14.6. The van der Waals surface area contributed by atoms with Crippen molar-refractivity contribution in [2.24, 2.45) is 5.84 Å². The van der Waals surface area contributed by atoms with E-state index in [1.807, 2.05) is 4.90 Å². The molecule has 0 unspecified atom stereocenters. The molecule has 1 aliphatic heterocycles. The number of aromatic nitrogens is 2. The minimum Gasteiger partial charge on any atom is -0.369 e. The quantitative estimate of drug-likeness (QED) is 0.510. The molecule has 7 nitrogen and oxygen atoms in total. The van der Waals surface area contributed by atoms with Crippen molar-refractivity contribution in [3.63, 3.8) is 0 Å². The van der Waals surface area contributed by atoms with Gasteiger partial charge in [0.2, 0.25) is 11.9 Å². The van der Waals surface area contributed by atoms with Crippen LogP contribution in [0.4, 0.5) is 11.8 Å². The average Bonchev–Trinajstić information content (AvgIpc) is 2.93. The Morgan fingerprint density at radius 1 is 1.44 bits per heavy atom. The van der Waals surface area contributed by atoms with Crippen LogP contribution in [0, 0.1) is 0 Å². The van der Waals surface area contributed by atoms with Crippen molar-refractivity contribution in [1.82, 2.24) is 14.9 Å². The van der Waals surface area contributed by atoms with E-state index in [9.17, 15) is 4.79 Å². The molecule has 0 atom stereocenters. The zero-order valence-electron chi connectivity index (χ0n) is 10.2. The SMILES string of the molecule is NNc1nccc(NCCC(=O)N2CCCC2)n1. The first-order valence-corrected chi connectivity index (χ1v) is 6.11. The lowest BCUT2D eigenvalue weighted by Crippen LogP contribution is -2.29. The van der Waals surface area contributed by atoms with Gasteiger partial charge in [-0.15, -0.1) is 0 Å².